The molecule has 1 aromatic heterocycles. The van der Waals surface area contributed by atoms with Crippen molar-refractivity contribution in [2.75, 3.05) is 20.7 Å². The maximum atomic E-state index is 11.9. The smallest absolute Gasteiger partial charge is 0.239 e. The van der Waals surface area contributed by atoms with Gasteiger partial charge in [-0.15, -0.1) is 0 Å². The number of likely N-dealkylation sites (N-methyl/N-ethyl adjacent to an activating group) is 1. The Bertz CT molecular complexity index is 396. The van der Waals surface area contributed by atoms with Crippen LogP contribution < -0.4 is 10.1 Å². The van der Waals surface area contributed by atoms with Gasteiger partial charge in [-0.25, -0.2) is 4.98 Å². The first kappa shape index (κ1) is 14.4. The molecule has 5 nitrogen and oxygen atoms in total. The predicted molar refractivity (Wildman–Crippen MR) is 70.4 cm³/mol. The van der Waals surface area contributed by atoms with Gasteiger partial charge >= 0.3 is 0 Å². The quantitative estimate of drug-likeness (QED) is 0.821. The molecule has 0 fully saturated rings. The van der Waals surface area contributed by atoms with Gasteiger partial charge in [-0.05, 0) is 19.9 Å². The van der Waals surface area contributed by atoms with Crippen LogP contribution in [-0.4, -0.2) is 42.5 Å². The van der Waals surface area contributed by atoms with Crippen molar-refractivity contribution < 1.29 is 9.53 Å². The Morgan fingerprint density at radius 1 is 1.61 bits per heavy atom. The van der Waals surface area contributed by atoms with E-state index in [9.17, 15) is 4.79 Å². The van der Waals surface area contributed by atoms with E-state index in [1.807, 2.05) is 26.0 Å². The SMILES string of the molecule is CCN(C)C(=O)C(C)NCc1cccnc1OC. The first-order chi connectivity index (χ1) is 8.60. The molecule has 0 aliphatic carbocycles. The number of amides is 1. The van der Waals surface area contributed by atoms with Crippen LogP contribution in [0.3, 0.4) is 0 Å². The Hall–Kier alpha value is -1.62. The largest absolute Gasteiger partial charge is 0.481 e. The summed E-state index contributed by atoms with van der Waals surface area (Å²) in [6.07, 6.45) is 1.68. The maximum Gasteiger partial charge on any atom is 0.239 e. The molecule has 5 heteroatoms. The van der Waals surface area contributed by atoms with Crippen molar-refractivity contribution >= 4 is 5.91 Å². The molecule has 1 unspecified atom stereocenters. The zero-order chi connectivity index (χ0) is 13.5. The van der Waals surface area contributed by atoms with Gasteiger partial charge in [0.05, 0.1) is 13.2 Å². The number of methoxy groups -OCH3 is 1. The van der Waals surface area contributed by atoms with Crippen molar-refractivity contribution in [3.05, 3.63) is 23.9 Å². The molecule has 0 aliphatic rings. The summed E-state index contributed by atoms with van der Waals surface area (Å²) in [5, 5.41) is 3.18. The molecular weight excluding hydrogens is 230 g/mol. The summed E-state index contributed by atoms with van der Waals surface area (Å²) in [6.45, 7) is 5.08. The third-order valence-corrected chi connectivity index (χ3v) is 2.86. The molecule has 0 bridgehead atoms. The molecule has 1 heterocycles. The number of aromatic nitrogens is 1. The number of nitrogens with one attached hydrogen (secondary N) is 1. The third kappa shape index (κ3) is 3.70. The number of ether oxygens (including phenoxy) is 1. The minimum atomic E-state index is -0.222. The van der Waals surface area contributed by atoms with Crippen LogP contribution in [0.2, 0.25) is 0 Å². The highest BCUT2D eigenvalue weighted by Gasteiger charge is 2.16. The topological polar surface area (TPSA) is 54.5 Å². The summed E-state index contributed by atoms with van der Waals surface area (Å²) in [5.41, 5.74) is 0.943. The first-order valence-electron chi connectivity index (χ1n) is 6.06. The van der Waals surface area contributed by atoms with E-state index >= 15 is 0 Å². The van der Waals surface area contributed by atoms with Gasteiger partial charge in [0.2, 0.25) is 11.8 Å². The van der Waals surface area contributed by atoms with Gasteiger partial charge in [-0.3, -0.25) is 4.79 Å². The molecule has 1 N–H and O–H groups in total. The molecule has 100 valence electrons. The minimum absolute atomic E-state index is 0.0837. The second kappa shape index (κ2) is 6.96. The average molecular weight is 251 g/mol. The summed E-state index contributed by atoms with van der Waals surface area (Å²) in [6, 6.07) is 3.56. The van der Waals surface area contributed by atoms with E-state index in [-0.39, 0.29) is 11.9 Å². The number of carbonyl (C=O) groups excluding carboxylic acids is 1. The fourth-order valence-electron chi connectivity index (χ4n) is 1.58. The van der Waals surface area contributed by atoms with E-state index in [1.54, 1.807) is 25.3 Å². The van der Waals surface area contributed by atoms with Gasteiger partial charge in [-0.2, -0.15) is 0 Å². The van der Waals surface area contributed by atoms with E-state index in [2.05, 4.69) is 10.3 Å². The summed E-state index contributed by atoms with van der Waals surface area (Å²) in [7, 11) is 3.39. The fourth-order valence-corrected chi connectivity index (χ4v) is 1.58. The standard InChI is InChI=1S/C13H21N3O2/c1-5-16(3)13(17)10(2)15-9-11-7-6-8-14-12(11)18-4/h6-8,10,15H,5,9H2,1-4H3. The van der Waals surface area contributed by atoms with Gasteiger partial charge < -0.3 is 15.0 Å². The molecule has 0 spiro atoms. The summed E-state index contributed by atoms with van der Waals surface area (Å²) in [4.78, 5) is 17.7. The Balaban J connectivity index is 2.57. The van der Waals surface area contributed by atoms with Crippen LogP contribution in [0.4, 0.5) is 0 Å². The van der Waals surface area contributed by atoms with Crippen LogP contribution >= 0.6 is 0 Å². The Labute approximate surface area is 108 Å². The summed E-state index contributed by atoms with van der Waals surface area (Å²) < 4.78 is 5.16. The van der Waals surface area contributed by atoms with Crippen molar-refractivity contribution in [3.8, 4) is 5.88 Å². The highest BCUT2D eigenvalue weighted by Crippen LogP contribution is 2.13. The number of nitrogens with zero attached hydrogens (tertiary/aromatic N) is 2. The molecule has 18 heavy (non-hydrogen) atoms. The van der Waals surface area contributed by atoms with Crippen molar-refractivity contribution in [3.63, 3.8) is 0 Å². The van der Waals surface area contributed by atoms with Gasteiger partial charge in [0, 0.05) is 31.9 Å². The highest BCUT2D eigenvalue weighted by atomic mass is 16.5. The molecule has 0 saturated carbocycles. The van der Waals surface area contributed by atoms with Crippen LogP contribution in [0.25, 0.3) is 0 Å². The van der Waals surface area contributed by atoms with Crippen molar-refractivity contribution in [2.45, 2.75) is 26.4 Å². The van der Waals surface area contributed by atoms with E-state index in [1.165, 1.54) is 0 Å². The molecule has 0 radical (unpaired) electrons. The Morgan fingerprint density at radius 3 is 2.94 bits per heavy atom. The molecule has 1 atom stereocenters. The molecule has 1 amide bonds. The van der Waals surface area contributed by atoms with Gasteiger partial charge in [-0.1, -0.05) is 6.07 Å². The number of rotatable bonds is 6. The lowest BCUT2D eigenvalue weighted by atomic mass is 10.2. The van der Waals surface area contributed by atoms with Crippen LogP contribution in [0.5, 0.6) is 5.88 Å². The number of hydrogen-bond acceptors (Lipinski definition) is 4. The predicted octanol–water partition coefficient (Wildman–Crippen LogP) is 1.05. The van der Waals surface area contributed by atoms with Crippen molar-refractivity contribution in [1.82, 2.24) is 15.2 Å². The zero-order valence-electron chi connectivity index (χ0n) is 11.4. The molecule has 0 aromatic carbocycles. The second-order valence-corrected chi connectivity index (χ2v) is 4.13. The van der Waals surface area contributed by atoms with E-state index < -0.39 is 0 Å². The van der Waals surface area contributed by atoms with E-state index in [4.69, 9.17) is 4.74 Å². The van der Waals surface area contributed by atoms with Gasteiger partial charge in [0.15, 0.2) is 0 Å². The normalized spacial score (nSPS) is 12.0. The van der Waals surface area contributed by atoms with E-state index in [0.717, 1.165) is 5.56 Å². The Kier molecular flexibility index (Phi) is 5.58. The monoisotopic (exact) mass is 251 g/mol. The minimum Gasteiger partial charge on any atom is -0.481 e. The molecule has 0 saturated heterocycles. The zero-order valence-corrected chi connectivity index (χ0v) is 11.4. The van der Waals surface area contributed by atoms with Crippen LogP contribution in [-0.2, 0) is 11.3 Å². The fraction of sp³-hybridized carbons (Fsp3) is 0.538. The lowest BCUT2D eigenvalue weighted by Gasteiger charge is -2.20. The number of carbonyl (C=O) groups is 1. The van der Waals surface area contributed by atoms with E-state index in [0.29, 0.717) is 19.0 Å². The summed E-state index contributed by atoms with van der Waals surface area (Å²) in [5.74, 6) is 0.675. The molecule has 1 aromatic rings. The highest BCUT2D eigenvalue weighted by molar-refractivity contribution is 5.81. The average Bonchev–Trinajstić information content (AvgIpc) is 2.43. The molecular formula is C13H21N3O2. The first-order valence-corrected chi connectivity index (χ1v) is 6.06. The lowest BCUT2D eigenvalue weighted by Crippen LogP contribution is -2.42. The van der Waals surface area contributed by atoms with Crippen LogP contribution in [0, 0.1) is 0 Å². The van der Waals surface area contributed by atoms with Crippen LogP contribution in [0.15, 0.2) is 18.3 Å². The van der Waals surface area contributed by atoms with Crippen molar-refractivity contribution in [1.29, 1.82) is 0 Å². The molecule has 0 aliphatic heterocycles. The van der Waals surface area contributed by atoms with Gasteiger partial charge in [0.1, 0.15) is 0 Å². The number of hydrogen-bond donors (Lipinski definition) is 1. The maximum absolute atomic E-state index is 11.9. The molecule has 1 rings (SSSR count). The van der Waals surface area contributed by atoms with Crippen molar-refractivity contribution in [2.24, 2.45) is 0 Å². The van der Waals surface area contributed by atoms with Crippen LogP contribution in [0.1, 0.15) is 19.4 Å². The Morgan fingerprint density at radius 2 is 2.33 bits per heavy atom. The number of pyridine rings is 1. The van der Waals surface area contributed by atoms with Gasteiger partial charge in [0.25, 0.3) is 0 Å². The lowest BCUT2D eigenvalue weighted by molar-refractivity contribution is -0.131. The second-order valence-electron chi connectivity index (χ2n) is 4.13. The summed E-state index contributed by atoms with van der Waals surface area (Å²) >= 11 is 0. The third-order valence-electron chi connectivity index (χ3n) is 2.86.